The molecule has 0 amide bonds. The predicted molar refractivity (Wildman–Crippen MR) is 17.2 cm³/mol. The van der Waals surface area contributed by atoms with Gasteiger partial charge in [-0.15, -0.1) is 0 Å². The summed E-state index contributed by atoms with van der Waals surface area (Å²) >= 11 is 2.57. The molecular weight excluding hydrogens is 110 g/mol. The predicted octanol–water partition coefficient (Wildman–Crippen LogP) is -3.20. The summed E-state index contributed by atoms with van der Waals surface area (Å²) in [5, 5.41) is 0. The van der Waals surface area contributed by atoms with Gasteiger partial charge in [0.1, 0.15) is 0 Å². The molecule has 0 fully saturated rings. The minimum Gasteiger partial charge on any atom is 1.00 e. The molecule has 0 aromatic carbocycles. The standard InChI is InChI=1S/C2H3Se.Li/c1-2-3;/h2H,1H2;/q-1;+1. The Kier molecular flexibility index (Phi) is 20.2. The average molecular weight is 113 g/mol. The summed E-state index contributed by atoms with van der Waals surface area (Å²) in [5.41, 5.74) is 0. The van der Waals surface area contributed by atoms with E-state index in [9.17, 15) is 0 Å². The zero-order valence-corrected chi connectivity index (χ0v) is 4.41. The van der Waals surface area contributed by atoms with Crippen molar-refractivity contribution in [1.29, 1.82) is 0 Å². The molecule has 0 unspecified atom stereocenters. The second kappa shape index (κ2) is 9.13. The maximum absolute atomic E-state index is 3.31. The fourth-order valence-electron chi connectivity index (χ4n) is 0. The molecule has 4 heavy (non-hydrogen) atoms. The van der Waals surface area contributed by atoms with E-state index in [2.05, 4.69) is 22.5 Å². The van der Waals surface area contributed by atoms with E-state index in [1.54, 1.807) is 4.92 Å². The van der Waals surface area contributed by atoms with Crippen LogP contribution in [-0.2, 0) is 0 Å². The van der Waals surface area contributed by atoms with Gasteiger partial charge in [-0.2, -0.15) is 0 Å². The van der Waals surface area contributed by atoms with Crippen molar-refractivity contribution in [2.45, 2.75) is 0 Å². The fourth-order valence-corrected chi connectivity index (χ4v) is 0. The summed E-state index contributed by atoms with van der Waals surface area (Å²) in [4.78, 5) is 1.62. The number of hydrogen-bond donors (Lipinski definition) is 0. The number of rotatable bonds is 0. The molecule has 18 valence electrons. The summed E-state index contributed by atoms with van der Waals surface area (Å²) in [7, 11) is 0. The zero-order chi connectivity index (χ0) is 2.71. The van der Waals surface area contributed by atoms with Crippen LogP contribution >= 0.6 is 0 Å². The molecule has 0 N–H and O–H groups in total. The van der Waals surface area contributed by atoms with Crippen LogP contribution in [0, 0.1) is 6.92 Å². The third-order valence-electron chi connectivity index (χ3n) is 0. The molecule has 2 heteroatoms. The second-order valence-electron chi connectivity index (χ2n) is 0.167. The summed E-state index contributed by atoms with van der Waals surface area (Å²) < 4.78 is 0. The van der Waals surface area contributed by atoms with E-state index in [1.165, 1.54) is 0 Å². The van der Waals surface area contributed by atoms with Crippen LogP contribution in [0.1, 0.15) is 0 Å². The van der Waals surface area contributed by atoms with Gasteiger partial charge >= 0.3 is 46.3 Å². The van der Waals surface area contributed by atoms with Crippen LogP contribution in [0.3, 0.4) is 0 Å². The normalized spacial score (nSPS) is 3.00. The Labute approximate surface area is 46.5 Å². The van der Waals surface area contributed by atoms with E-state index in [-0.39, 0.29) is 18.9 Å². The molecule has 0 aromatic rings. The molecule has 0 spiro atoms. The molecule has 0 aliphatic heterocycles. The third kappa shape index (κ3) is 13.4. The molecular formula is C2H3LiSe. The van der Waals surface area contributed by atoms with Crippen LogP contribution < -0.4 is 18.9 Å². The van der Waals surface area contributed by atoms with Gasteiger partial charge in [0.15, 0.2) is 0 Å². The molecule has 0 radical (unpaired) electrons. The largest absolute Gasteiger partial charge is 1.00 e. The van der Waals surface area contributed by atoms with Crippen molar-refractivity contribution in [3.8, 4) is 0 Å². The van der Waals surface area contributed by atoms with Gasteiger partial charge in [-0.25, -0.2) is 0 Å². The maximum atomic E-state index is 3.31. The first-order valence-corrected chi connectivity index (χ1v) is 1.63. The Morgan fingerprint density at radius 2 is 1.75 bits per heavy atom. The Hall–Kier alpha value is 0.857. The van der Waals surface area contributed by atoms with Gasteiger partial charge in [0, 0.05) is 0 Å². The minimum atomic E-state index is 0. The SMILES string of the molecule is [CH2-]C=[Se].[Li+]. The Balaban J connectivity index is 0. The maximum Gasteiger partial charge on any atom is 1.00 e. The molecule has 0 bridgehead atoms. The summed E-state index contributed by atoms with van der Waals surface area (Å²) in [6.45, 7) is 3.31. The van der Waals surface area contributed by atoms with E-state index in [0.717, 1.165) is 0 Å². The molecule has 0 rings (SSSR count). The first-order chi connectivity index (χ1) is 1.41. The van der Waals surface area contributed by atoms with Gasteiger partial charge < -0.3 is 0 Å². The fraction of sp³-hybridized carbons (Fsp3) is 0. The van der Waals surface area contributed by atoms with E-state index < -0.39 is 0 Å². The van der Waals surface area contributed by atoms with Crippen LogP contribution in [-0.4, -0.2) is 20.5 Å². The number of hydrogen-bond acceptors (Lipinski definition) is 0. The van der Waals surface area contributed by atoms with Gasteiger partial charge in [0.2, 0.25) is 0 Å². The topological polar surface area (TPSA) is 0 Å². The van der Waals surface area contributed by atoms with Crippen molar-refractivity contribution in [3.63, 3.8) is 0 Å². The van der Waals surface area contributed by atoms with Gasteiger partial charge in [-0.1, -0.05) is 0 Å². The van der Waals surface area contributed by atoms with Gasteiger partial charge in [0.05, 0.1) is 0 Å². The summed E-state index contributed by atoms with van der Waals surface area (Å²) in [5.74, 6) is 0. The second-order valence-corrected chi connectivity index (χ2v) is 0.866. The molecule has 0 atom stereocenters. The van der Waals surface area contributed by atoms with Crippen LogP contribution in [0.2, 0.25) is 0 Å². The van der Waals surface area contributed by atoms with Gasteiger partial charge in [-0.3, -0.25) is 0 Å². The Morgan fingerprint density at radius 1 is 1.75 bits per heavy atom. The molecule has 0 aromatic heterocycles. The smallest absolute Gasteiger partial charge is 1.00 e. The molecule has 0 heterocycles. The van der Waals surface area contributed by atoms with Crippen LogP contribution in [0.15, 0.2) is 0 Å². The van der Waals surface area contributed by atoms with Crippen molar-refractivity contribution >= 4 is 20.5 Å². The van der Waals surface area contributed by atoms with Gasteiger partial charge in [0.25, 0.3) is 0 Å². The van der Waals surface area contributed by atoms with E-state index in [1.807, 2.05) is 0 Å². The van der Waals surface area contributed by atoms with Crippen molar-refractivity contribution in [2.24, 2.45) is 0 Å². The monoisotopic (exact) mass is 114 g/mol. The van der Waals surface area contributed by atoms with Crippen LogP contribution in [0.25, 0.3) is 0 Å². The van der Waals surface area contributed by atoms with Crippen molar-refractivity contribution in [1.82, 2.24) is 0 Å². The Bertz CT molecular complexity index is 13.5. The van der Waals surface area contributed by atoms with Crippen molar-refractivity contribution in [3.05, 3.63) is 6.92 Å². The minimum absolute atomic E-state index is 0. The molecule has 0 nitrogen and oxygen atoms in total. The van der Waals surface area contributed by atoms with E-state index >= 15 is 0 Å². The molecule has 0 aliphatic carbocycles. The summed E-state index contributed by atoms with van der Waals surface area (Å²) in [6.07, 6.45) is 0. The van der Waals surface area contributed by atoms with Crippen LogP contribution in [0.5, 0.6) is 0 Å². The zero-order valence-electron chi connectivity index (χ0n) is 2.69. The van der Waals surface area contributed by atoms with E-state index in [4.69, 9.17) is 0 Å². The molecule has 0 saturated heterocycles. The Morgan fingerprint density at radius 3 is 1.75 bits per heavy atom. The molecule has 0 saturated carbocycles. The average Bonchev–Trinajstić information content (AvgIpc) is 0.918. The quantitative estimate of drug-likeness (QED) is 0.229. The van der Waals surface area contributed by atoms with E-state index in [0.29, 0.717) is 0 Å². The first-order valence-electron chi connectivity index (χ1n) is 0.644. The van der Waals surface area contributed by atoms with Crippen LogP contribution in [0.4, 0.5) is 0 Å². The third-order valence-corrected chi connectivity index (χ3v) is 0. The van der Waals surface area contributed by atoms with Crippen molar-refractivity contribution < 1.29 is 18.9 Å². The summed E-state index contributed by atoms with van der Waals surface area (Å²) in [6, 6.07) is 0. The van der Waals surface area contributed by atoms with Crippen molar-refractivity contribution in [2.75, 3.05) is 0 Å². The first kappa shape index (κ1) is 8.85. The van der Waals surface area contributed by atoms with Gasteiger partial charge in [-0.05, 0) is 0 Å². The molecule has 0 aliphatic rings.